The van der Waals surface area contributed by atoms with Crippen LogP contribution in [0.2, 0.25) is 0 Å². The highest BCUT2D eigenvalue weighted by Gasteiger charge is 2.28. The van der Waals surface area contributed by atoms with Crippen LogP contribution in [0.25, 0.3) is 0 Å². The summed E-state index contributed by atoms with van der Waals surface area (Å²) in [5.74, 6) is 0.173. The molecule has 2 unspecified atom stereocenters. The highest BCUT2D eigenvalue weighted by Crippen LogP contribution is 2.20. The number of nitrogens with one attached hydrogen (secondary N) is 1. The van der Waals surface area contributed by atoms with Gasteiger partial charge in [0.25, 0.3) is 0 Å². The Morgan fingerprint density at radius 1 is 1.35 bits per heavy atom. The number of hydrogen-bond donors (Lipinski definition) is 1. The minimum absolute atomic E-state index is 0.00606. The van der Waals surface area contributed by atoms with Crippen LogP contribution in [0.5, 0.6) is 0 Å². The van der Waals surface area contributed by atoms with E-state index in [1.807, 2.05) is 12.3 Å². The molecule has 3 heterocycles. The molecule has 2 atom stereocenters. The number of amides is 1. The number of aromatic nitrogens is 1. The average molecular weight is 317 g/mol. The van der Waals surface area contributed by atoms with Gasteiger partial charge in [0.2, 0.25) is 5.91 Å². The molecule has 0 radical (unpaired) electrons. The van der Waals surface area contributed by atoms with Gasteiger partial charge >= 0.3 is 0 Å². The molecule has 2 aliphatic heterocycles. The number of carbonyl (C=O) groups excluding carboxylic acids is 1. The molecule has 1 amide bonds. The zero-order chi connectivity index (χ0) is 15.9. The number of carbonyl (C=O) groups is 1. The van der Waals surface area contributed by atoms with Crippen LogP contribution in [0.4, 0.5) is 0 Å². The molecule has 3 rings (SSSR count). The van der Waals surface area contributed by atoms with Gasteiger partial charge in [0, 0.05) is 32.1 Å². The van der Waals surface area contributed by atoms with Crippen molar-refractivity contribution in [2.75, 3.05) is 19.7 Å². The SMILES string of the molecule is O=C(NCCC1CCCO1)C1CCCCN1Cc1cccnc1. The van der Waals surface area contributed by atoms with Crippen LogP contribution in [-0.2, 0) is 16.1 Å². The van der Waals surface area contributed by atoms with E-state index in [1.54, 1.807) is 6.20 Å². The van der Waals surface area contributed by atoms with Crippen LogP contribution in [0, 0.1) is 0 Å². The molecule has 126 valence electrons. The second-order valence-corrected chi connectivity index (χ2v) is 6.56. The van der Waals surface area contributed by atoms with Gasteiger partial charge in [0.05, 0.1) is 12.1 Å². The number of likely N-dealkylation sites (tertiary alicyclic amines) is 1. The Labute approximate surface area is 138 Å². The largest absolute Gasteiger partial charge is 0.378 e. The van der Waals surface area contributed by atoms with Crippen molar-refractivity contribution in [2.24, 2.45) is 0 Å². The molecule has 1 aromatic rings. The third-order valence-corrected chi connectivity index (χ3v) is 4.81. The summed E-state index contributed by atoms with van der Waals surface area (Å²) < 4.78 is 5.61. The van der Waals surface area contributed by atoms with Gasteiger partial charge in [0.15, 0.2) is 0 Å². The third-order valence-electron chi connectivity index (χ3n) is 4.81. The second kappa shape index (κ2) is 8.41. The first-order valence-electron chi connectivity index (χ1n) is 8.85. The first-order chi connectivity index (χ1) is 11.3. The smallest absolute Gasteiger partial charge is 0.237 e. The quantitative estimate of drug-likeness (QED) is 0.873. The molecule has 23 heavy (non-hydrogen) atoms. The van der Waals surface area contributed by atoms with Gasteiger partial charge in [-0.25, -0.2) is 0 Å². The molecule has 5 heteroatoms. The van der Waals surface area contributed by atoms with Gasteiger partial charge in [-0.1, -0.05) is 12.5 Å². The topological polar surface area (TPSA) is 54.5 Å². The predicted molar refractivity (Wildman–Crippen MR) is 88.9 cm³/mol. The molecule has 5 nitrogen and oxygen atoms in total. The Morgan fingerprint density at radius 3 is 3.09 bits per heavy atom. The lowest BCUT2D eigenvalue weighted by molar-refractivity contribution is -0.128. The maximum absolute atomic E-state index is 12.6. The number of hydrogen-bond acceptors (Lipinski definition) is 4. The van der Waals surface area contributed by atoms with E-state index in [1.165, 1.54) is 12.0 Å². The minimum atomic E-state index is -0.00606. The van der Waals surface area contributed by atoms with Gasteiger partial charge < -0.3 is 10.1 Å². The fourth-order valence-electron chi connectivity index (χ4n) is 3.55. The molecule has 2 saturated heterocycles. The summed E-state index contributed by atoms with van der Waals surface area (Å²) in [4.78, 5) is 19.0. The van der Waals surface area contributed by atoms with Crippen molar-refractivity contribution in [1.29, 1.82) is 0 Å². The van der Waals surface area contributed by atoms with Crippen LogP contribution in [0.1, 0.15) is 44.1 Å². The maximum atomic E-state index is 12.6. The van der Waals surface area contributed by atoms with Crippen LogP contribution >= 0.6 is 0 Å². The van der Waals surface area contributed by atoms with Crippen LogP contribution in [0.15, 0.2) is 24.5 Å². The fourth-order valence-corrected chi connectivity index (χ4v) is 3.55. The van der Waals surface area contributed by atoms with Crippen molar-refractivity contribution >= 4 is 5.91 Å². The summed E-state index contributed by atoms with van der Waals surface area (Å²) in [6, 6.07) is 4.03. The molecule has 0 aromatic carbocycles. The Bertz CT molecular complexity index is 488. The summed E-state index contributed by atoms with van der Waals surface area (Å²) >= 11 is 0. The van der Waals surface area contributed by atoms with E-state index < -0.39 is 0 Å². The number of rotatable bonds is 6. The first-order valence-corrected chi connectivity index (χ1v) is 8.85. The third kappa shape index (κ3) is 4.75. The van der Waals surface area contributed by atoms with Gasteiger partial charge in [0.1, 0.15) is 0 Å². The van der Waals surface area contributed by atoms with E-state index in [-0.39, 0.29) is 11.9 Å². The monoisotopic (exact) mass is 317 g/mol. The molecule has 0 bridgehead atoms. The Kier molecular flexibility index (Phi) is 6.00. The zero-order valence-electron chi connectivity index (χ0n) is 13.7. The van der Waals surface area contributed by atoms with Gasteiger partial charge in [-0.2, -0.15) is 0 Å². The number of nitrogens with zero attached hydrogens (tertiary/aromatic N) is 2. The summed E-state index contributed by atoms with van der Waals surface area (Å²) in [6.45, 7) is 3.39. The van der Waals surface area contributed by atoms with Crippen LogP contribution in [0.3, 0.4) is 0 Å². The predicted octanol–water partition coefficient (Wildman–Crippen LogP) is 2.12. The van der Waals surface area contributed by atoms with Crippen LogP contribution < -0.4 is 5.32 Å². The highest BCUT2D eigenvalue weighted by molar-refractivity contribution is 5.81. The molecule has 2 fully saturated rings. The highest BCUT2D eigenvalue weighted by atomic mass is 16.5. The molecule has 1 N–H and O–H groups in total. The lowest BCUT2D eigenvalue weighted by atomic mass is 10.0. The van der Waals surface area contributed by atoms with Crippen molar-refractivity contribution in [3.8, 4) is 0 Å². The fraction of sp³-hybridized carbons (Fsp3) is 0.667. The average Bonchev–Trinajstić information content (AvgIpc) is 3.09. The number of piperidine rings is 1. The summed E-state index contributed by atoms with van der Waals surface area (Å²) in [5, 5.41) is 3.12. The minimum Gasteiger partial charge on any atom is -0.378 e. The number of pyridine rings is 1. The van der Waals surface area contributed by atoms with E-state index >= 15 is 0 Å². The van der Waals surface area contributed by atoms with E-state index in [2.05, 4.69) is 21.3 Å². The van der Waals surface area contributed by atoms with Gasteiger partial charge in [-0.3, -0.25) is 14.7 Å². The first kappa shape index (κ1) is 16.4. The summed E-state index contributed by atoms with van der Waals surface area (Å²) in [6.07, 6.45) is 10.5. The van der Waals surface area contributed by atoms with Gasteiger partial charge in [-0.05, 0) is 50.3 Å². The summed E-state index contributed by atoms with van der Waals surface area (Å²) in [7, 11) is 0. The van der Waals surface area contributed by atoms with Crippen molar-refractivity contribution in [1.82, 2.24) is 15.2 Å². The normalized spacial score (nSPS) is 25.4. The molecule has 1 aromatic heterocycles. The van der Waals surface area contributed by atoms with E-state index in [0.29, 0.717) is 6.10 Å². The van der Waals surface area contributed by atoms with E-state index in [9.17, 15) is 4.79 Å². The number of ether oxygens (including phenoxy) is 1. The van der Waals surface area contributed by atoms with Crippen molar-refractivity contribution in [3.05, 3.63) is 30.1 Å². The van der Waals surface area contributed by atoms with E-state index in [4.69, 9.17) is 4.74 Å². The van der Waals surface area contributed by atoms with Crippen molar-refractivity contribution in [2.45, 2.75) is 57.2 Å². The van der Waals surface area contributed by atoms with E-state index in [0.717, 1.165) is 58.3 Å². The maximum Gasteiger partial charge on any atom is 0.237 e. The summed E-state index contributed by atoms with van der Waals surface area (Å²) in [5.41, 5.74) is 1.17. The molecule has 0 aliphatic carbocycles. The lowest BCUT2D eigenvalue weighted by Crippen LogP contribution is -2.49. The molecular formula is C18H27N3O2. The molecule has 2 aliphatic rings. The Morgan fingerprint density at radius 2 is 2.30 bits per heavy atom. The van der Waals surface area contributed by atoms with Crippen molar-refractivity contribution in [3.63, 3.8) is 0 Å². The molecule has 0 saturated carbocycles. The van der Waals surface area contributed by atoms with Crippen LogP contribution in [-0.4, -0.2) is 47.6 Å². The Hall–Kier alpha value is -1.46. The Balaban J connectivity index is 1.49. The second-order valence-electron chi connectivity index (χ2n) is 6.56. The molecular weight excluding hydrogens is 290 g/mol. The lowest BCUT2D eigenvalue weighted by Gasteiger charge is -2.34. The van der Waals surface area contributed by atoms with Gasteiger partial charge in [-0.15, -0.1) is 0 Å². The molecule has 0 spiro atoms. The van der Waals surface area contributed by atoms with Crippen molar-refractivity contribution < 1.29 is 9.53 Å². The zero-order valence-corrected chi connectivity index (χ0v) is 13.7. The standard InChI is InChI=1S/C18H27N3O2/c22-18(20-10-8-16-6-4-12-23-16)17-7-1-2-11-21(17)14-15-5-3-9-19-13-15/h3,5,9,13,16-17H,1-2,4,6-8,10-12,14H2,(H,20,22).